The first-order valence-corrected chi connectivity index (χ1v) is 14.4. The fraction of sp³-hybridized carbons (Fsp3) is 0.522. The molecule has 0 radical (unpaired) electrons. The van der Waals surface area contributed by atoms with Crippen LogP contribution in [0.15, 0.2) is 29.9 Å². The number of thiazole rings is 1. The van der Waals surface area contributed by atoms with Gasteiger partial charge in [0.05, 0.1) is 47.0 Å². The first-order chi connectivity index (χ1) is 17.3. The van der Waals surface area contributed by atoms with Gasteiger partial charge in [0.2, 0.25) is 16.0 Å². The van der Waals surface area contributed by atoms with E-state index in [0.29, 0.717) is 66.5 Å². The molecule has 1 fully saturated rings. The predicted molar refractivity (Wildman–Crippen MR) is 139 cm³/mol. The van der Waals surface area contributed by atoms with E-state index < -0.39 is 22.0 Å². The molecule has 13 heteroatoms. The zero-order valence-electron chi connectivity index (χ0n) is 20.3. The van der Waals surface area contributed by atoms with Crippen molar-refractivity contribution in [2.75, 3.05) is 48.8 Å². The van der Waals surface area contributed by atoms with Crippen LogP contribution in [0.25, 0.3) is 16.1 Å². The molecular weight excluding hydrogens is 507 g/mol. The van der Waals surface area contributed by atoms with Gasteiger partial charge in [0.25, 0.3) is 0 Å². The van der Waals surface area contributed by atoms with Crippen molar-refractivity contribution in [3.05, 3.63) is 35.6 Å². The molecule has 4 rings (SSSR count). The van der Waals surface area contributed by atoms with Crippen molar-refractivity contribution in [1.29, 1.82) is 0 Å². The van der Waals surface area contributed by atoms with Gasteiger partial charge in [0.15, 0.2) is 11.0 Å². The number of aliphatic hydroxyl groups excluding tert-OH is 1. The van der Waals surface area contributed by atoms with E-state index in [0.717, 1.165) is 0 Å². The quantitative estimate of drug-likeness (QED) is 0.418. The highest BCUT2D eigenvalue weighted by Crippen LogP contribution is 2.42. The normalized spacial score (nSPS) is 17.7. The minimum atomic E-state index is -3.63. The van der Waals surface area contributed by atoms with Crippen LogP contribution in [0.5, 0.6) is 0 Å². The number of aromatic nitrogens is 3. The van der Waals surface area contributed by atoms with E-state index in [1.54, 1.807) is 32.2 Å². The summed E-state index contributed by atoms with van der Waals surface area (Å²) in [6.07, 6.45) is 3.94. The molecule has 0 saturated carbocycles. The maximum atomic E-state index is 15.7. The lowest BCUT2D eigenvalue weighted by molar-refractivity contribution is 0.122. The van der Waals surface area contributed by atoms with Crippen LogP contribution < -0.4 is 14.9 Å². The number of hydrogen-bond donors (Lipinski definition) is 3. The molecule has 0 unspecified atom stereocenters. The van der Waals surface area contributed by atoms with Gasteiger partial charge < -0.3 is 20.1 Å². The number of sulfonamides is 1. The van der Waals surface area contributed by atoms with Crippen molar-refractivity contribution in [2.45, 2.75) is 39.2 Å². The topological polar surface area (TPSA) is 130 Å². The molecule has 1 atom stereocenters. The van der Waals surface area contributed by atoms with E-state index in [1.165, 1.54) is 11.3 Å². The van der Waals surface area contributed by atoms with Gasteiger partial charge in [-0.05, 0) is 32.3 Å². The van der Waals surface area contributed by atoms with Crippen LogP contribution in [-0.4, -0.2) is 73.2 Å². The number of nitrogens with zero attached hydrogens (tertiary/aromatic N) is 4. The van der Waals surface area contributed by atoms with Crippen LogP contribution in [0.2, 0.25) is 0 Å². The van der Waals surface area contributed by atoms with E-state index in [1.807, 2.05) is 0 Å². The Balaban J connectivity index is 1.75. The zero-order valence-corrected chi connectivity index (χ0v) is 22.0. The Morgan fingerprint density at radius 1 is 1.31 bits per heavy atom. The monoisotopic (exact) mass is 538 g/mol. The lowest BCUT2D eigenvalue weighted by Crippen LogP contribution is -2.36. The first-order valence-electron chi connectivity index (χ1n) is 12.0. The minimum Gasteiger partial charge on any atom is -0.392 e. The van der Waals surface area contributed by atoms with Gasteiger partial charge in [-0.25, -0.2) is 27.8 Å². The molecule has 2 aromatic heterocycles. The second-order valence-electron chi connectivity index (χ2n) is 8.64. The zero-order chi connectivity index (χ0) is 25.7. The first kappa shape index (κ1) is 26.5. The molecule has 0 spiro atoms. The van der Waals surface area contributed by atoms with Crippen molar-refractivity contribution < 1.29 is 22.7 Å². The van der Waals surface area contributed by atoms with Gasteiger partial charge in [-0.15, -0.1) is 0 Å². The maximum absolute atomic E-state index is 15.7. The number of hydrogen-bond acceptors (Lipinski definition) is 10. The summed E-state index contributed by atoms with van der Waals surface area (Å²) >= 11 is 1.39. The number of aliphatic hydroxyl groups is 1. The van der Waals surface area contributed by atoms with Gasteiger partial charge in [-0.1, -0.05) is 24.3 Å². The Labute approximate surface area is 214 Å². The number of allylic oxidation sites excluding steroid dienone is 4. The maximum Gasteiger partial charge on any atom is 0.232 e. The summed E-state index contributed by atoms with van der Waals surface area (Å²) in [5, 5.41) is 13.3. The fourth-order valence-electron chi connectivity index (χ4n) is 3.89. The smallest absolute Gasteiger partial charge is 0.232 e. The van der Waals surface area contributed by atoms with E-state index in [2.05, 4.69) is 24.9 Å². The summed E-state index contributed by atoms with van der Waals surface area (Å²) < 4.78 is 48.3. The SMILES string of the molecule is CCCS(=O)(=O)NC1=C(F)C(c2nc(N3CCOCC3)sc2-c2ccnc(NC[C@@H](C)O)n2)=CCC1. The molecule has 1 aliphatic carbocycles. The summed E-state index contributed by atoms with van der Waals surface area (Å²) in [6.45, 7) is 6.17. The molecule has 1 aliphatic heterocycles. The molecule has 0 amide bonds. The molecule has 1 saturated heterocycles. The highest BCUT2D eigenvalue weighted by Gasteiger charge is 2.28. The average molecular weight is 539 g/mol. The standard InChI is InChI=1S/C23H31FN6O4S2/c1-3-13-36(32,33)29-17-6-4-5-16(19(17)24)20-21(35-23(28-20)30-9-11-34-12-10-30)18-7-8-25-22(27-18)26-14-15(2)31/h5,7-8,15,29,31H,3-4,6,9-14H2,1-2H3,(H,25,26,27)/t15-/m1/s1. The average Bonchev–Trinajstić information content (AvgIpc) is 3.30. The second kappa shape index (κ2) is 11.6. The molecule has 0 bridgehead atoms. The lowest BCUT2D eigenvalue weighted by Gasteiger charge is -2.26. The Kier molecular flexibility index (Phi) is 8.54. The highest BCUT2D eigenvalue weighted by atomic mass is 32.2. The second-order valence-corrected chi connectivity index (χ2v) is 11.5. The molecule has 0 aromatic carbocycles. The van der Waals surface area contributed by atoms with Crippen LogP contribution >= 0.6 is 11.3 Å². The lowest BCUT2D eigenvalue weighted by atomic mass is 9.99. The van der Waals surface area contributed by atoms with Crippen LogP contribution in [0.3, 0.4) is 0 Å². The number of morpholine rings is 1. The third kappa shape index (κ3) is 6.38. The van der Waals surface area contributed by atoms with Crippen LogP contribution in [0, 0.1) is 0 Å². The molecule has 3 N–H and O–H groups in total. The number of halogens is 1. The number of anilines is 2. The minimum absolute atomic E-state index is 0.0507. The number of nitrogens with one attached hydrogen (secondary N) is 2. The van der Waals surface area contributed by atoms with Crippen LogP contribution in [-0.2, 0) is 14.8 Å². The molecular formula is C23H31FN6O4S2. The Morgan fingerprint density at radius 2 is 2.08 bits per heavy atom. The molecule has 2 aromatic rings. The van der Waals surface area contributed by atoms with Crippen molar-refractivity contribution >= 4 is 38.0 Å². The summed E-state index contributed by atoms with van der Waals surface area (Å²) in [6, 6.07) is 1.73. The van der Waals surface area contributed by atoms with E-state index in [4.69, 9.17) is 9.72 Å². The van der Waals surface area contributed by atoms with Crippen molar-refractivity contribution in [1.82, 2.24) is 19.7 Å². The van der Waals surface area contributed by atoms with Gasteiger partial charge in [-0.3, -0.25) is 4.72 Å². The predicted octanol–water partition coefficient (Wildman–Crippen LogP) is 2.92. The Hall–Kier alpha value is -2.61. The fourth-order valence-corrected chi connectivity index (χ4v) is 6.20. The third-order valence-electron chi connectivity index (χ3n) is 5.59. The van der Waals surface area contributed by atoms with E-state index in [-0.39, 0.29) is 30.0 Å². The summed E-state index contributed by atoms with van der Waals surface area (Å²) in [4.78, 5) is 16.3. The highest BCUT2D eigenvalue weighted by molar-refractivity contribution is 7.89. The van der Waals surface area contributed by atoms with Crippen LogP contribution in [0.4, 0.5) is 15.5 Å². The Morgan fingerprint density at radius 3 is 2.81 bits per heavy atom. The molecule has 36 heavy (non-hydrogen) atoms. The van der Waals surface area contributed by atoms with Crippen molar-refractivity contribution in [3.8, 4) is 10.6 Å². The third-order valence-corrected chi connectivity index (χ3v) is 8.23. The molecule has 2 aliphatic rings. The van der Waals surface area contributed by atoms with Gasteiger partial charge in [-0.2, -0.15) is 0 Å². The molecule has 10 nitrogen and oxygen atoms in total. The Bertz CT molecular complexity index is 1240. The number of ether oxygens (including phenoxy) is 1. The van der Waals surface area contributed by atoms with Crippen molar-refractivity contribution in [2.24, 2.45) is 0 Å². The summed E-state index contributed by atoms with van der Waals surface area (Å²) in [5.74, 6) is -0.361. The van der Waals surface area contributed by atoms with Crippen molar-refractivity contribution in [3.63, 3.8) is 0 Å². The summed E-state index contributed by atoms with van der Waals surface area (Å²) in [7, 11) is -3.63. The van der Waals surface area contributed by atoms with Gasteiger partial charge in [0, 0.05) is 31.4 Å². The van der Waals surface area contributed by atoms with Crippen LogP contribution in [0.1, 0.15) is 38.8 Å². The molecule has 3 heterocycles. The van der Waals surface area contributed by atoms with E-state index in [9.17, 15) is 13.5 Å². The van der Waals surface area contributed by atoms with E-state index >= 15 is 4.39 Å². The number of rotatable bonds is 10. The van der Waals surface area contributed by atoms with Gasteiger partial charge >= 0.3 is 0 Å². The summed E-state index contributed by atoms with van der Waals surface area (Å²) in [5.41, 5.74) is 1.26. The molecule has 196 valence electrons. The largest absolute Gasteiger partial charge is 0.392 e. The van der Waals surface area contributed by atoms with Gasteiger partial charge in [0.1, 0.15) is 0 Å².